The van der Waals surface area contributed by atoms with Crippen LogP contribution < -0.4 is 5.73 Å². The van der Waals surface area contributed by atoms with E-state index in [0.717, 1.165) is 0 Å². The zero-order valence-corrected chi connectivity index (χ0v) is 9.93. The summed E-state index contributed by atoms with van der Waals surface area (Å²) >= 11 is 3.12. The number of halogens is 2. The molecule has 0 aliphatic rings. The second-order valence-electron chi connectivity index (χ2n) is 2.41. The summed E-state index contributed by atoms with van der Waals surface area (Å²) in [7, 11) is 0. The Morgan fingerprint density at radius 3 is 2.79 bits per heavy atom. The highest BCUT2D eigenvalue weighted by Gasteiger charge is 2.13. The second-order valence-corrected chi connectivity index (χ2v) is 3.19. The van der Waals surface area contributed by atoms with Gasteiger partial charge in [0.05, 0.1) is 0 Å². The fourth-order valence-corrected chi connectivity index (χ4v) is 1.08. The van der Waals surface area contributed by atoms with Crippen LogP contribution in [0.25, 0.3) is 0 Å². The molecule has 0 radical (unpaired) electrons. The molecule has 1 aromatic rings. The van der Waals surface area contributed by atoms with E-state index >= 15 is 0 Å². The number of esters is 1. The minimum atomic E-state index is -0.821. The lowest BCUT2D eigenvalue weighted by molar-refractivity contribution is -0.149. The molecule has 6 heteroatoms. The van der Waals surface area contributed by atoms with E-state index in [-0.39, 0.29) is 18.4 Å². The first-order valence-electron chi connectivity index (χ1n) is 3.83. The van der Waals surface area contributed by atoms with Gasteiger partial charge in [-0.2, -0.15) is 0 Å². The Labute approximate surface area is 96.3 Å². The van der Waals surface area contributed by atoms with E-state index in [1.165, 1.54) is 0 Å². The van der Waals surface area contributed by atoms with Gasteiger partial charge in [-0.3, -0.25) is 10.5 Å². The normalized spacial score (nSPS) is 11.6. The van der Waals surface area contributed by atoms with Crippen molar-refractivity contribution in [2.24, 2.45) is 5.73 Å². The molecular weight excluding hydrogens is 273 g/mol. The van der Waals surface area contributed by atoms with Gasteiger partial charge in [-0.05, 0) is 28.1 Å². The Morgan fingerprint density at radius 1 is 1.71 bits per heavy atom. The highest BCUT2D eigenvalue weighted by Crippen LogP contribution is 2.19. The maximum absolute atomic E-state index is 10.8. The van der Waals surface area contributed by atoms with Crippen molar-refractivity contribution in [3.05, 3.63) is 22.6 Å². The van der Waals surface area contributed by atoms with E-state index in [4.69, 9.17) is 14.9 Å². The van der Waals surface area contributed by atoms with Crippen LogP contribution in [0.3, 0.4) is 0 Å². The van der Waals surface area contributed by atoms with Crippen LogP contribution in [0.1, 0.15) is 25.3 Å². The lowest BCUT2D eigenvalue weighted by atomic mass is 10.4. The lowest BCUT2D eigenvalue weighted by Crippen LogP contribution is -2.17. The van der Waals surface area contributed by atoms with Crippen LogP contribution in [0.15, 0.2) is 21.2 Å². The van der Waals surface area contributed by atoms with E-state index in [1.807, 2.05) is 0 Å². The third kappa shape index (κ3) is 3.69. The molecule has 0 amide bonds. The van der Waals surface area contributed by atoms with E-state index in [0.29, 0.717) is 16.9 Å². The molecule has 1 atom stereocenters. The van der Waals surface area contributed by atoms with E-state index in [9.17, 15) is 4.79 Å². The van der Waals surface area contributed by atoms with Gasteiger partial charge in [-0.25, -0.2) is 0 Å². The molecule has 0 fully saturated rings. The van der Waals surface area contributed by atoms with Gasteiger partial charge in [0.15, 0.2) is 10.4 Å². The zero-order chi connectivity index (χ0) is 9.84. The van der Waals surface area contributed by atoms with Gasteiger partial charge >= 0.3 is 5.97 Å². The van der Waals surface area contributed by atoms with Gasteiger partial charge in [0.25, 0.3) is 0 Å². The number of carbonyl (C=O) groups excluding carboxylic acids is 1. The highest BCUT2D eigenvalue weighted by atomic mass is 79.9. The summed E-state index contributed by atoms with van der Waals surface area (Å²) in [6.45, 7) is 1.70. The SMILES string of the molecule is CCC(=O)O[C@H](N)c1ccc(Br)o1.Cl. The molecule has 80 valence electrons. The van der Waals surface area contributed by atoms with Crippen LogP contribution in [0, 0.1) is 0 Å². The lowest BCUT2D eigenvalue weighted by Gasteiger charge is -2.08. The second kappa shape index (κ2) is 6.06. The van der Waals surface area contributed by atoms with Crippen molar-refractivity contribution in [3.8, 4) is 0 Å². The van der Waals surface area contributed by atoms with Crippen molar-refractivity contribution in [3.63, 3.8) is 0 Å². The molecule has 2 N–H and O–H groups in total. The summed E-state index contributed by atoms with van der Waals surface area (Å²) in [5.74, 6) is 0.0775. The Kier molecular flexibility index (Phi) is 5.83. The molecule has 0 bridgehead atoms. The third-order valence-corrected chi connectivity index (χ3v) is 1.85. The largest absolute Gasteiger partial charge is 0.449 e. The highest BCUT2D eigenvalue weighted by molar-refractivity contribution is 9.10. The first-order chi connectivity index (χ1) is 6.13. The minimum Gasteiger partial charge on any atom is -0.449 e. The van der Waals surface area contributed by atoms with Crippen molar-refractivity contribution in [2.45, 2.75) is 19.6 Å². The van der Waals surface area contributed by atoms with Crippen LogP contribution in [0.2, 0.25) is 0 Å². The summed E-state index contributed by atoms with van der Waals surface area (Å²) in [6.07, 6.45) is -0.519. The molecule has 0 unspecified atom stereocenters. The van der Waals surface area contributed by atoms with Crippen LogP contribution in [0.5, 0.6) is 0 Å². The average Bonchev–Trinajstić information content (AvgIpc) is 2.51. The van der Waals surface area contributed by atoms with Gasteiger partial charge in [0, 0.05) is 6.42 Å². The molecule has 4 nitrogen and oxygen atoms in total. The number of hydrogen-bond acceptors (Lipinski definition) is 4. The summed E-state index contributed by atoms with van der Waals surface area (Å²) < 4.78 is 10.5. The minimum absolute atomic E-state index is 0. The first kappa shape index (κ1) is 13.5. The van der Waals surface area contributed by atoms with E-state index in [1.54, 1.807) is 19.1 Å². The van der Waals surface area contributed by atoms with Crippen LogP contribution in [0.4, 0.5) is 0 Å². The fraction of sp³-hybridized carbons (Fsp3) is 0.375. The zero-order valence-electron chi connectivity index (χ0n) is 7.53. The Balaban J connectivity index is 0.00000169. The predicted octanol–water partition coefficient (Wildman–Crippen LogP) is 2.37. The number of ether oxygens (including phenoxy) is 1. The number of hydrogen-bond donors (Lipinski definition) is 1. The van der Waals surface area contributed by atoms with Crippen molar-refractivity contribution < 1.29 is 13.9 Å². The maximum atomic E-state index is 10.8. The van der Waals surface area contributed by atoms with Gasteiger partial charge in [-0.1, -0.05) is 6.92 Å². The summed E-state index contributed by atoms with van der Waals surface area (Å²) in [5.41, 5.74) is 5.53. The van der Waals surface area contributed by atoms with Crippen LogP contribution in [-0.2, 0) is 9.53 Å². The quantitative estimate of drug-likeness (QED) is 0.683. The van der Waals surface area contributed by atoms with Crippen molar-refractivity contribution >= 4 is 34.3 Å². The molecule has 0 aromatic carbocycles. The molecule has 0 saturated heterocycles. The number of rotatable bonds is 3. The molecule has 0 saturated carbocycles. The number of furan rings is 1. The molecule has 0 spiro atoms. The summed E-state index contributed by atoms with van der Waals surface area (Å²) in [6, 6.07) is 3.34. The molecule has 0 aliphatic carbocycles. The number of nitrogens with two attached hydrogens (primary N) is 1. The van der Waals surface area contributed by atoms with Gasteiger partial charge in [-0.15, -0.1) is 12.4 Å². The molecule has 1 heterocycles. The first-order valence-corrected chi connectivity index (χ1v) is 4.63. The molecule has 1 rings (SSSR count). The average molecular weight is 285 g/mol. The van der Waals surface area contributed by atoms with Gasteiger partial charge in [0.2, 0.25) is 6.23 Å². The summed E-state index contributed by atoms with van der Waals surface area (Å²) in [4.78, 5) is 10.8. The Bertz CT molecular complexity index is 303. The van der Waals surface area contributed by atoms with Gasteiger partial charge < -0.3 is 9.15 Å². The Morgan fingerprint density at radius 2 is 2.36 bits per heavy atom. The third-order valence-electron chi connectivity index (χ3n) is 1.42. The maximum Gasteiger partial charge on any atom is 0.307 e. The summed E-state index contributed by atoms with van der Waals surface area (Å²) in [5, 5.41) is 0. The molecular formula is C8H11BrClNO3. The van der Waals surface area contributed by atoms with Crippen LogP contribution >= 0.6 is 28.3 Å². The smallest absolute Gasteiger partial charge is 0.307 e. The topological polar surface area (TPSA) is 65.5 Å². The van der Waals surface area contributed by atoms with Crippen molar-refractivity contribution in [1.82, 2.24) is 0 Å². The number of carbonyl (C=O) groups is 1. The fourth-order valence-electron chi connectivity index (χ4n) is 0.764. The van der Waals surface area contributed by atoms with Gasteiger partial charge in [0.1, 0.15) is 0 Å². The van der Waals surface area contributed by atoms with E-state index in [2.05, 4.69) is 15.9 Å². The standard InChI is InChI=1S/C8H10BrNO3.ClH/c1-2-7(11)13-8(10)5-3-4-6(9)12-5;/h3-4,8H,2,10H2,1H3;1H/t8-;/m0./s1. The molecule has 1 aromatic heterocycles. The van der Waals surface area contributed by atoms with Crippen molar-refractivity contribution in [1.29, 1.82) is 0 Å². The predicted molar refractivity (Wildman–Crippen MR) is 57.0 cm³/mol. The van der Waals surface area contributed by atoms with Crippen molar-refractivity contribution in [2.75, 3.05) is 0 Å². The Hall–Kier alpha value is -0.520. The molecule has 14 heavy (non-hydrogen) atoms. The van der Waals surface area contributed by atoms with E-state index < -0.39 is 6.23 Å². The van der Waals surface area contributed by atoms with Crippen LogP contribution in [-0.4, -0.2) is 5.97 Å². The molecule has 0 aliphatic heterocycles. The monoisotopic (exact) mass is 283 g/mol.